The number of rotatable bonds is 3. The van der Waals surface area contributed by atoms with E-state index in [1.807, 2.05) is 17.9 Å². The molecule has 1 fully saturated rings. The summed E-state index contributed by atoms with van der Waals surface area (Å²) in [5.41, 5.74) is 1.69. The van der Waals surface area contributed by atoms with Gasteiger partial charge in [0.2, 0.25) is 0 Å². The molecule has 1 saturated carbocycles. The van der Waals surface area contributed by atoms with Crippen LogP contribution in [0.2, 0.25) is 0 Å². The third-order valence-electron chi connectivity index (χ3n) is 2.98. The Kier molecular flexibility index (Phi) is 2.31. The zero-order chi connectivity index (χ0) is 10.2. The topological polar surface area (TPSA) is 42.7 Å². The monoisotopic (exact) mass is 194 g/mol. The Hall–Kier alpha value is -0.900. The van der Waals surface area contributed by atoms with E-state index in [4.69, 9.17) is 0 Å². The van der Waals surface area contributed by atoms with Crippen LogP contribution in [0, 0.1) is 5.41 Å². The molecule has 0 radical (unpaired) electrons. The van der Waals surface area contributed by atoms with Crippen molar-refractivity contribution < 1.29 is 0 Å². The lowest BCUT2D eigenvalue weighted by Gasteiger charge is -2.43. The first-order chi connectivity index (χ1) is 6.57. The van der Waals surface area contributed by atoms with Crippen molar-refractivity contribution >= 4 is 0 Å². The van der Waals surface area contributed by atoms with Gasteiger partial charge < -0.3 is 5.32 Å². The zero-order valence-corrected chi connectivity index (χ0v) is 9.12. The molecular formula is C10H18N4. The molecule has 0 atom stereocenters. The van der Waals surface area contributed by atoms with Crippen molar-refractivity contribution in [1.82, 2.24) is 20.3 Å². The van der Waals surface area contributed by atoms with Crippen LogP contribution in [0.5, 0.6) is 0 Å². The van der Waals surface area contributed by atoms with Crippen LogP contribution in [-0.4, -0.2) is 21.0 Å². The molecule has 0 unspecified atom stereocenters. The maximum Gasteiger partial charge on any atom is 0.0738 e. The first-order valence-corrected chi connectivity index (χ1v) is 5.14. The molecule has 1 N–H and O–H groups in total. The van der Waals surface area contributed by atoms with E-state index in [9.17, 15) is 0 Å². The maximum absolute atomic E-state index is 3.89. The average Bonchev–Trinajstić information content (AvgIpc) is 2.44. The second-order valence-electron chi connectivity index (χ2n) is 5.00. The van der Waals surface area contributed by atoms with Crippen molar-refractivity contribution in [2.75, 3.05) is 0 Å². The number of hydrogen-bond acceptors (Lipinski definition) is 3. The smallest absolute Gasteiger partial charge is 0.0738 e. The minimum Gasteiger partial charge on any atom is -0.308 e. The molecule has 1 aliphatic carbocycles. The van der Waals surface area contributed by atoms with Crippen molar-refractivity contribution in [1.29, 1.82) is 0 Å². The van der Waals surface area contributed by atoms with Crippen molar-refractivity contribution in [2.45, 2.75) is 39.3 Å². The lowest BCUT2D eigenvalue weighted by atomic mass is 9.68. The highest BCUT2D eigenvalue weighted by Gasteiger charge is 2.35. The summed E-state index contributed by atoms with van der Waals surface area (Å²) in [7, 11) is 1.93. The summed E-state index contributed by atoms with van der Waals surface area (Å²) in [5.74, 6) is 0. The average molecular weight is 194 g/mol. The second-order valence-corrected chi connectivity index (χ2v) is 5.00. The van der Waals surface area contributed by atoms with Crippen LogP contribution in [0.3, 0.4) is 0 Å². The predicted molar refractivity (Wildman–Crippen MR) is 54.6 cm³/mol. The highest BCUT2D eigenvalue weighted by atomic mass is 15.4. The number of hydrogen-bond donors (Lipinski definition) is 1. The number of nitrogens with one attached hydrogen (secondary N) is 1. The van der Waals surface area contributed by atoms with E-state index >= 15 is 0 Å². The normalized spacial score (nSPS) is 20.8. The Labute approximate surface area is 84.7 Å². The summed E-state index contributed by atoms with van der Waals surface area (Å²) in [6.07, 6.45) is 4.37. The van der Waals surface area contributed by atoms with Crippen LogP contribution in [-0.2, 0) is 13.6 Å². The van der Waals surface area contributed by atoms with Gasteiger partial charge in [-0.15, -0.1) is 5.10 Å². The van der Waals surface area contributed by atoms with Crippen molar-refractivity contribution in [3.05, 3.63) is 11.9 Å². The van der Waals surface area contributed by atoms with Crippen LogP contribution < -0.4 is 5.32 Å². The summed E-state index contributed by atoms with van der Waals surface area (Å²) < 4.78 is 1.82. The third kappa shape index (κ3) is 1.95. The van der Waals surface area contributed by atoms with E-state index in [1.165, 1.54) is 12.8 Å². The van der Waals surface area contributed by atoms with Gasteiger partial charge in [-0.05, 0) is 18.3 Å². The van der Waals surface area contributed by atoms with Gasteiger partial charge >= 0.3 is 0 Å². The fraction of sp³-hybridized carbons (Fsp3) is 0.800. The van der Waals surface area contributed by atoms with Gasteiger partial charge in [0.25, 0.3) is 0 Å². The molecule has 78 valence electrons. The van der Waals surface area contributed by atoms with Crippen LogP contribution in [0.25, 0.3) is 0 Å². The predicted octanol–water partition coefficient (Wildman–Crippen LogP) is 1.09. The minimum atomic E-state index is 0.544. The Morgan fingerprint density at radius 3 is 2.79 bits per heavy atom. The molecule has 0 amide bonds. The number of nitrogens with zero attached hydrogens (tertiary/aromatic N) is 3. The highest BCUT2D eigenvalue weighted by Crippen LogP contribution is 2.39. The molecule has 0 aliphatic heterocycles. The summed E-state index contributed by atoms with van der Waals surface area (Å²) in [4.78, 5) is 0. The lowest BCUT2D eigenvalue weighted by molar-refractivity contribution is 0.125. The molecule has 1 aromatic rings. The fourth-order valence-electron chi connectivity index (χ4n) is 2.14. The molecule has 1 aromatic heterocycles. The largest absolute Gasteiger partial charge is 0.308 e. The van der Waals surface area contributed by atoms with E-state index in [0.717, 1.165) is 12.2 Å². The molecule has 4 nitrogen and oxygen atoms in total. The molecule has 0 spiro atoms. The van der Waals surface area contributed by atoms with Crippen molar-refractivity contribution in [2.24, 2.45) is 12.5 Å². The Bertz CT molecular complexity index is 308. The molecule has 0 saturated heterocycles. The van der Waals surface area contributed by atoms with E-state index in [2.05, 4.69) is 29.5 Å². The lowest BCUT2D eigenvalue weighted by Crippen LogP contribution is -2.45. The molecule has 14 heavy (non-hydrogen) atoms. The van der Waals surface area contributed by atoms with E-state index in [-0.39, 0.29) is 0 Å². The van der Waals surface area contributed by atoms with Crippen molar-refractivity contribution in [3.8, 4) is 0 Å². The first-order valence-electron chi connectivity index (χ1n) is 5.14. The third-order valence-corrected chi connectivity index (χ3v) is 2.98. The molecule has 0 bridgehead atoms. The molecular weight excluding hydrogens is 176 g/mol. The first kappa shape index (κ1) is 9.65. The molecule has 0 aromatic carbocycles. The highest BCUT2D eigenvalue weighted by molar-refractivity contribution is 4.96. The molecule has 2 rings (SSSR count). The quantitative estimate of drug-likeness (QED) is 0.783. The maximum atomic E-state index is 3.89. The number of aromatic nitrogens is 3. The molecule has 1 aliphatic rings. The summed E-state index contributed by atoms with van der Waals surface area (Å²) in [6.45, 7) is 5.51. The summed E-state index contributed by atoms with van der Waals surface area (Å²) in [5, 5.41) is 11.3. The number of aryl methyl sites for hydroxylation is 1. The fourth-order valence-corrected chi connectivity index (χ4v) is 2.14. The van der Waals surface area contributed by atoms with Gasteiger partial charge in [-0.25, -0.2) is 0 Å². The standard InChI is InChI=1S/C10H18N4/c1-10(2)4-8(5-10)11-6-9-7-12-13-14(9)3/h7-8,11H,4-6H2,1-3H3. The van der Waals surface area contributed by atoms with Gasteiger partial charge in [0, 0.05) is 19.6 Å². The minimum absolute atomic E-state index is 0.544. The van der Waals surface area contributed by atoms with Gasteiger partial charge in [-0.1, -0.05) is 19.1 Å². The van der Waals surface area contributed by atoms with Crippen LogP contribution in [0.15, 0.2) is 6.20 Å². The molecule has 1 heterocycles. The SMILES string of the molecule is Cn1nncc1CNC1CC(C)(C)C1. The van der Waals surface area contributed by atoms with Crippen LogP contribution in [0.1, 0.15) is 32.4 Å². The van der Waals surface area contributed by atoms with Crippen LogP contribution in [0.4, 0.5) is 0 Å². The Balaban J connectivity index is 1.77. The van der Waals surface area contributed by atoms with E-state index < -0.39 is 0 Å². The van der Waals surface area contributed by atoms with E-state index in [1.54, 1.807) is 0 Å². The van der Waals surface area contributed by atoms with Gasteiger partial charge in [-0.2, -0.15) is 0 Å². The summed E-state index contributed by atoms with van der Waals surface area (Å²) in [6, 6.07) is 0.680. The van der Waals surface area contributed by atoms with Gasteiger partial charge in [0.1, 0.15) is 0 Å². The summed E-state index contributed by atoms with van der Waals surface area (Å²) >= 11 is 0. The Morgan fingerprint density at radius 2 is 2.29 bits per heavy atom. The Morgan fingerprint density at radius 1 is 1.57 bits per heavy atom. The molecule has 4 heteroatoms. The van der Waals surface area contributed by atoms with Crippen LogP contribution >= 0.6 is 0 Å². The van der Waals surface area contributed by atoms with Gasteiger partial charge in [0.05, 0.1) is 11.9 Å². The van der Waals surface area contributed by atoms with Crippen molar-refractivity contribution in [3.63, 3.8) is 0 Å². The van der Waals surface area contributed by atoms with E-state index in [0.29, 0.717) is 11.5 Å². The van der Waals surface area contributed by atoms with Gasteiger partial charge in [-0.3, -0.25) is 4.68 Å². The second kappa shape index (κ2) is 3.35. The zero-order valence-electron chi connectivity index (χ0n) is 9.12. The van der Waals surface area contributed by atoms with Gasteiger partial charge in [0.15, 0.2) is 0 Å².